The average molecular weight is 259 g/mol. The molecule has 0 amide bonds. The van der Waals surface area contributed by atoms with Crippen LogP contribution in [0.1, 0.15) is 24.4 Å². The zero-order chi connectivity index (χ0) is 13.2. The van der Waals surface area contributed by atoms with E-state index in [1.165, 1.54) is 0 Å². The Morgan fingerprint density at radius 3 is 2.44 bits per heavy atom. The van der Waals surface area contributed by atoms with E-state index >= 15 is 0 Å². The Kier molecular flexibility index (Phi) is 3.80. The predicted molar refractivity (Wildman–Crippen MR) is 62.5 cm³/mol. The van der Waals surface area contributed by atoms with Crippen molar-refractivity contribution in [2.75, 3.05) is 13.7 Å². The van der Waals surface area contributed by atoms with Crippen LogP contribution in [0.5, 0.6) is 5.75 Å². The van der Waals surface area contributed by atoms with Gasteiger partial charge in [-0.15, -0.1) is 0 Å². The van der Waals surface area contributed by atoms with E-state index in [4.69, 9.17) is 4.74 Å². The summed E-state index contributed by atoms with van der Waals surface area (Å²) in [6, 6.07) is 6.95. The number of benzene rings is 1. The van der Waals surface area contributed by atoms with Crippen molar-refractivity contribution in [3.8, 4) is 5.75 Å². The lowest BCUT2D eigenvalue weighted by Gasteiger charge is -2.31. The van der Waals surface area contributed by atoms with Gasteiger partial charge in [-0.1, -0.05) is 12.1 Å². The van der Waals surface area contributed by atoms with Crippen LogP contribution >= 0.6 is 0 Å². The normalized spacial score (nSPS) is 24.9. The Balaban J connectivity index is 2.08. The molecular weight excluding hydrogens is 243 g/mol. The second-order valence-corrected chi connectivity index (χ2v) is 4.54. The topological polar surface area (TPSA) is 21.3 Å². The summed E-state index contributed by atoms with van der Waals surface area (Å²) in [6.45, 7) is 0.404. The van der Waals surface area contributed by atoms with E-state index in [1.807, 2.05) is 12.1 Å². The average Bonchev–Trinajstić information content (AvgIpc) is 2.38. The van der Waals surface area contributed by atoms with Gasteiger partial charge in [0.15, 0.2) is 0 Å². The number of nitrogens with one attached hydrogen (secondary N) is 1. The molecule has 0 spiro atoms. The lowest BCUT2D eigenvalue weighted by Crippen LogP contribution is -2.37. The Labute approximate surface area is 104 Å². The molecular formula is C13H16F3NO. The fourth-order valence-corrected chi connectivity index (χ4v) is 2.30. The molecule has 2 atom stereocenters. The van der Waals surface area contributed by atoms with Crippen molar-refractivity contribution < 1.29 is 17.9 Å². The Bertz CT molecular complexity index is 388. The fourth-order valence-electron chi connectivity index (χ4n) is 2.30. The number of rotatable bonds is 2. The lowest BCUT2D eigenvalue weighted by molar-refractivity contribution is -0.183. The van der Waals surface area contributed by atoms with Gasteiger partial charge in [-0.05, 0) is 37.1 Å². The number of methoxy groups -OCH3 is 1. The van der Waals surface area contributed by atoms with E-state index < -0.39 is 12.1 Å². The summed E-state index contributed by atoms with van der Waals surface area (Å²) in [6.07, 6.45) is -3.82. The molecule has 1 aliphatic rings. The van der Waals surface area contributed by atoms with Crippen LogP contribution in [0.25, 0.3) is 0 Å². The number of halogens is 3. The van der Waals surface area contributed by atoms with Gasteiger partial charge in [0.05, 0.1) is 13.0 Å². The minimum Gasteiger partial charge on any atom is -0.497 e. The number of piperidine rings is 1. The smallest absolute Gasteiger partial charge is 0.391 e. The van der Waals surface area contributed by atoms with Crippen molar-refractivity contribution in [1.82, 2.24) is 5.32 Å². The molecule has 2 rings (SSSR count). The van der Waals surface area contributed by atoms with Crippen LogP contribution in [0.15, 0.2) is 24.3 Å². The molecule has 1 aromatic rings. The quantitative estimate of drug-likeness (QED) is 0.880. The number of alkyl halides is 3. The van der Waals surface area contributed by atoms with Crippen LogP contribution in [0.4, 0.5) is 13.2 Å². The highest BCUT2D eigenvalue weighted by molar-refractivity contribution is 5.29. The summed E-state index contributed by atoms with van der Waals surface area (Å²) in [4.78, 5) is 0. The van der Waals surface area contributed by atoms with Gasteiger partial charge in [-0.2, -0.15) is 13.2 Å². The highest BCUT2D eigenvalue weighted by atomic mass is 19.4. The highest BCUT2D eigenvalue weighted by Gasteiger charge is 2.42. The maximum atomic E-state index is 12.7. The zero-order valence-electron chi connectivity index (χ0n) is 10.1. The summed E-state index contributed by atoms with van der Waals surface area (Å²) < 4.78 is 43.1. The predicted octanol–water partition coefficient (Wildman–Crippen LogP) is 3.30. The van der Waals surface area contributed by atoms with Crippen molar-refractivity contribution in [2.45, 2.75) is 25.1 Å². The highest BCUT2D eigenvalue weighted by Crippen LogP contribution is 2.38. The molecule has 2 unspecified atom stereocenters. The van der Waals surface area contributed by atoms with E-state index in [1.54, 1.807) is 19.2 Å². The molecule has 100 valence electrons. The summed E-state index contributed by atoms with van der Waals surface area (Å²) in [5, 5.41) is 3.13. The molecule has 1 aromatic carbocycles. The van der Waals surface area contributed by atoms with E-state index in [9.17, 15) is 13.2 Å². The van der Waals surface area contributed by atoms with Gasteiger partial charge in [0.1, 0.15) is 5.75 Å². The standard InChI is InChI=1S/C13H16F3NO/c1-18-11-4-2-9(3-5-11)12-8-10(6-7-17-12)13(14,15)16/h2-5,10,12,17H,6-8H2,1H3. The van der Waals surface area contributed by atoms with Crippen LogP contribution < -0.4 is 10.1 Å². The van der Waals surface area contributed by atoms with Crippen molar-refractivity contribution in [2.24, 2.45) is 5.92 Å². The first-order valence-electron chi connectivity index (χ1n) is 5.95. The van der Waals surface area contributed by atoms with Gasteiger partial charge < -0.3 is 10.1 Å². The second-order valence-electron chi connectivity index (χ2n) is 4.54. The molecule has 1 heterocycles. The maximum Gasteiger partial charge on any atom is 0.391 e. The Morgan fingerprint density at radius 2 is 1.89 bits per heavy atom. The van der Waals surface area contributed by atoms with Crippen molar-refractivity contribution in [3.05, 3.63) is 29.8 Å². The van der Waals surface area contributed by atoms with E-state index in [0.29, 0.717) is 12.3 Å². The molecule has 0 saturated carbocycles. The SMILES string of the molecule is COc1ccc(C2CC(C(F)(F)F)CCN2)cc1. The van der Waals surface area contributed by atoms with Crippen LogP contribution in [0.3, 0.4) is 0 Å². The molecule has 0 radical (unpaired) electrons. The van der Waals surface area contributed by atoms with Gasteiger partial charge in [0, 0.05) is 6.04 Å². The molecule has 0 aromatic heterocycles. The van der Waals surface area contributed by atoms with E-state index in [2.05, 4.69) is 5.32 Å². The van der Waals surface area contributed by atoms with Crippen LogP contribution in [-0.2, 0) is 0 Å². The molecule has 0 aliphatic carbocycles. The summed E-state index contributed by atoms with van der Waals surface area (Å²) in [5.74, 6) is -0.493. The van der Waals surface area contributed by atoms with E-state index in [0.717, 1.165) is 5.56 Å². The maximum absolute atomic E-state index is 12.7. The molecule has 18 heavy (non-hydrogen) atoms. The molecule has 5 heteroatoms. The van der Waals surface area contributed by atoms with Gasteiger partial charge >= 0.3 is 6.18 Å². The minimum atomic E-state index is -4.09. The summed E-state index contributed by atoms with van der Waals surface area (Å²) >= 11 is 0. The van der Waals surface area contributed by atoms with Crippen LogP contribution in [0.2, 0.25) is 0 Å². The van der Waals surface area contributed by atoms with Crippen molar-refractivity contribution >= 4 is 0 Å². The third-order valence-electron chi connectivity index (χ3n) is 3.38. The van der Waals surface area contributed by atoms with Gasteiger partial charge in [0.25, 0.3) is 0 Å². The molecule has 0 bridgehead atoms. The summed E-state index contributed by atoms with van der Waals surface area (Å²) in [7, 11) is 1.56. The van der Waals surface area contributed by atoms with Crippen molar-refractivity contribution in [1.29, 1.82) is 0 Å². The first-order valence-corrected chi connectivity index (χ1v) is 5.95. The van der Waals surface area contributed by atoms with Gasteiger partial charge in [-0.3, -0.25) is 0 Å². The lowest BCUT2D eigenvalue weighted by atomic mass is 9.88. The van der Waals surface area contributed by atoms with Gasteiger partial charge in [-0.25, -0.2) is 0 Å². The zero-order valence-corrected chi connectivity index (χ0v) is 10.1. The fraction of sp³-hybridized carbons (Fsp3) is 0.538. The Morgan fingerprint density at radius 1 is 1.22 bits per heavy atom. The Hall–Kier alpha value is -1.23. The first kappa shape index (κ1) is 13.2. The first-order chi connectivity index (χ1) is 8.50. The largest absolute Gasteiger partial charge is 0.497 e. The number of ether oxygens (including phenoxy) is 1. The number of hydrogen-bond acceptors (Lipinski definition) is 2. The van der Waals surface area contributed by atoms with Crippen LogP contribution in [0, 0.1) is 5.92 Å². The monoisotopic (exact) mass is 259 g/mol. The minimum absolute atomic E-state index is 0.107. The van der Waals surface area contributed by atoms with E-state index in [-0.39, 0.29) is 18.9 Å². The molecule has 1 saturated heterocycles. The van der Waals surface area contributed by atoms with Crippen molar-refractivity contribution in [3.63, 3.8) is 0 Å². The van der Waals surface area contributed by atoms with Crippen LogP contribution in [-0.4, -0.2) is 19.8 Å². The molecule has 1 N–H and O–H groups in total. The third-order valence-corrected chi connectivity index (χ3v) is 3.38. The second kappa shape index (κ2) is 5.18. The van der Waals surface area contributed by atoms with Gasteiger partial charge in [0.2, 0.25) is 0 Å². The summed E-state index contributed by atoms with van der Waals surface area (Å²) in [5.41, 5.74) is 0.879. The molecule has 2 nitrogen and oxygen atoms in total. The third kappa shape index (κ3) is 2.96. The number of hydrogen-bond donors (Lipinski definition) is 1. The molecule has 1 fully saturated rings. The molecule has 1 aliphatic heterocycles.